The molecule has 1 N–H and O–H groups in total. The Morgan fingerprint density at radius 1 is 1.09 bits per heavy atom. The van der Waals surface area contributed by atoms with Gasteiger partial charge in [0.25, 0.3) is 0 Å². The quantitative estimate of drug-likeness (QED) is 0.513. The van der Waals surface area contributed by atoms with Crippen LogP contribution >= 0.6 is 11.6 Å². The summed E-state index contributed by atoms with van der Waals surface area (Å²) in [6.07, 6.45) is 0.334. The Bertz CT molecular complexity index is 1170. The Labute approximate surface area is 211 Å². The van der Waals surface area contributed by atoms with Crippen molar-refractivity contribution in [1.82, 2.24) is 10.2 Å². The topological polar surface area (TPSA) is 105 Å². The zero-order chi connectivity index (χ0) is 25.6. The van der Waals surface area contributed by atoms with E-state index in [1.54, 1.807) is 49.4 Å². The molecule has 0 radical (unpaired) electrons. The molecule has 0 fully saturated rings. The molecule has 0 saturated heterocycles. The third-order valence-electron chi connectivity index (χ3n) is 5.72. The van der Waals surface area contributed by atoms with Gasteiger partial charge in [-0.25, -0.2) is 8.42 Å². The summed E-state index contributed by atoms with van der Waals surface area (Å²) in [7, 11) is -2.35. The van der Waals surface area contributed by atoms with E-state index >= 15 is 0 Å². The van der Waals surface area contributed by atoms with Crippen molar-refractivity contribution in [2.24, 2.45) is 0 Å². The van der Waals surface area contributed by atoms with Crippen molar-refractivity contribution in [2.45, 2.75) is 32.9 Å². The number of carbonyl (C=O) groups is 2. The molecule has 3 rings (SSSR count). The number of anilines is 1. The van der Waals surface area contributed by atoms with Crippen LogP contribution in [0.4, 0.5) is 5.69 Å². The molecule has 2 aromatic rings. The van der Waals surface area contributed by atoms with Crippen LogP contribution in [0.25, 0.3) is 0 Å². The highest BCUT2D eigenvalue weighted by atomic mass is 35.5. The number of ether oxygens (including phenoxy) is 2. The highest BCUT2D eigenvalue weighted by Crippen LogP contribution is 2.35. The van der Waals surface area contributed by atoms with Crippen molar-refractivity contribution in [3.63, 3.8) is 0 Å². The van der Waals surface area contributed by atoms with E-state index in [9.17, 15) is 18.0 Å². The van der Waals surface area contributed by atoms with Crippen molar-refractivity contribution in [2.75, 3.05) is 36.9 Å². The number of carbonyl (C=O) groups excluding carboxylic acids is 2. The lowest BCUT2D eigenvalue weighted by Gasteiger charge is -2.33. The van der Waals surface area contributed by atoms with Gasteiger partial charge in [0.1, 0.15) is 25.8 Å². The summed E-state index contributed by atoms with van der Waals surface area (Å²) in [4.78, 5) is 27.7. The third-order valence-corrected chi connectivity index (χ3v) is 7.83. The summed E-state index contributed by atoms with van der Waals surface area (Å²) in [6.45, 7) is 3.59. The summed E-state index contributed by atoms with van der Waals surface area (Å²) in [5.74, 6) is -0.191. The van der Waals surface area contributed by atoms with Gasteiger partial charge in [-0.3, -0.25) is 13.9 Å². The Kier molecular flexibility index (Phi) is 8.85. The summed E-state index contributed by atoms with van der Waals surface area (Å²) >= 11 is 6.33. The maximum Gasteiger partial charge on any atom is 0.244 e. The van der Waals surface area contributed by atoms with E-state index in [1.807, 2.05) is 0 Å². The van der Waals surface area contributed by atoms with E-state index in [4.69, 9.17) is 21.1 Å². The minimum absolute atomic E-state index is 0.0472. The Balaban J connectivity index is 1.99. The second kappa shape index (κ2) is 11.6. The lowest BCUT2D eigenvalue weighted by molar-refractivity contribution is -0.140. The predicted octanol–water partition coefficient (Wildman–Crippen LogP) is 2.82. The Hall–Kier alpha value is -2.98. The van der Waals surface area contributed by atoms with Crippen molar-refractivity contribution in [1.29, 1.82) is 0 Å². The van der Waals surface area contributed by atoms with E-state index in [1.165, 1.54) is 18.9 Å². The van der Waals surface area contributed by atoms with Gasteiger partial charge in [-0.2, -0.15) is 0 Å². The number of benzene rings is 2. The van der Waals surface area contributed by atoms with Gasteiger partial charge >= 0.3 is 0 Å². The minimum atomic E-state index is -3.84. The van der Waals surface area contributed by atoms with Gasteiger partial charge < -0.3 is 19.7 Å². The smallest absolute Gasteiger partial charge is 0.244 e. The Morgan fingerprint density at radius 3 is 2.40 bits per heavy atom. The van der Waals surface area contributed by atoms with E-state index in [2.05, 4.69) is 5.32 Å². The molecule has 190 valence electrons. The van der Waals surface area contributed by atoms with E-state index in [0.29, 0.717) is 41.7 Å². The first-order valence-electron chi connectivity index (χ1n) is 11.4. The molecule has 9 nitrogen and oxygen atoms in total. The van der Waals surface area contributed by atoms with Crippen LogP contribution in [-0.2, 0) is 26.2 Å². The molecule has 0 aliphatic carbocycles. The van der Waals surface area contributed by atoms with Gasteiger partial charge in [0.05, 0.1) is 11.4 Å². The highest BCUT2D eigenvalue weighted by molar-refractivity contribution is 7.92. The average molecular weight is 524 g/mol. The maximum atomic E-state index is 13.7. The molecule has 1 aliphatic heterocycles. The number of likely N-dealkylation sites (N-methyl/N-ethyl adjacent to an activating group) is 1. The Morgan fingerprint density at radius 2 is 1.77 bits per heavy atom. The van der Waals surface area contributed by atoms with Gasteiger partial charge in [-0.1, -0.05) is 36.7 Å². The third kappa shape index (κ3) is 6.18. The minimum Gasteiger partial charge on any atom is -0.486 e. The molecule has 1 aliphatic rings. The molecule has 1 atom stereocenters. The van der Waals surface area contributed by atoms with E-state index in [-0.39, 0.29) is 23.9 Å². The largest absolute Gasteiger partial charge is 0.486 e. The maximum absolute atomic E-state index is 13.7. The number of sulfonamides is 1. The van der Waals surface area contributed by atoms with E-state index in [0.717, 1.165) is 4.31 Å². The summed E-state index contributed by atoms with van der Waals surface area (Å²) in [5, 5.41) is 3.03. The van der Waals surface area contributed by atoms with Gasteiger partial charge in [0, 0.05) is 24.7 Å². The number of amides is 2. The van der Waals surface area contributed by atoms with Crippen LogP contribution in [-0.4, -0.2) is 63.7 Å². The first-order valence-corrected chi connectivity index (χ1v) is 13.3. The SMILES string of the molecule is CC[C@H](C(=O)NC)N(Cc1ccccc1Cl)C(=O)CN(c1ccc2c(c1)OCCO2)S(=O)(=O)CC. The normalized spacial score (nSPS) is 13.6. The van der Waals surface area contributed by atoms with Crippen LogP contribution in [0.2, 0.25) is 5.02 Å². The summed E-state index contributed by atoms with van der Waals surface area (Å²) in [5.41, 5.74) is 0.921. The molecule has 35 heavy (non-hydrogen) atoms. The average Bonchev–Trinajstić information content (AvgIpc) is 2.87. The van der Waals surface area contributed by atoms with Crippen LogP contribution in [0.3, 0.4) is 0 Å². The first-order chi connectivity index (χ1) is 16.7. The van der Waals surface area contributed by atoms with Crippen molar-refractivity contribution >= 4 is 39.1 Å². The molecule has 1 heterocycles. The molecule has 11 heteroatoms. The lowest BCUT2D eigenvalue weighted by Crippen LogP contribution is -2.52. The number of nitrogens with zero attached hydrogens (tertiary/aromatic N) is 2. The second-order valence-electron chi connectivity index (χ2n) is 7.89. The number of hydrogen-bond acceptors (Lipinski definition) is 6. The molecule has 2 amide bonds. The molecular formula is C24H30ClN3O6S. The molecule has 0 saturated carbocycles. The fourth-order valence-electron chi connectivity index (χ4n) is 3.80. The standard InChI is InChI=1S/C24H30ClN3O6S/c1-4-20(24(30)26-3)27(15-17-8-6-7-9-19(17)25)23(29)16-28(35(31,32)5-2)18-10-11-21-22(14-18)34-13-12-33-21/h6-11,14,20H,4-5,12-13,15-16H2,1-3H3,(H,26,30)/t20-/m1/s1. The van der Waals surface area contributed by atoms with Crippen molar-refractivity contribution in [3.8, 4) is 11.5 Å². The first kappa shape index (κ1) is 26.6. The summed E-state index contributed by atoms with van der Waals surface area (Å²) in [6, 6.07) is 10.9. The van der Waals surface area contributed by atoms with Crippen molar-refractivity contribution < 1.29 is 27.5 Å². The van der Waals surface area contributed by atoms with Crippen molar-refractivity contribution in [3.05, 3.63) is 53.1 Å². The monoisotopic (exact) mass is 523 g/mol. The number of halogens is 1. The molecule has 0 spiro atoms. The van der Waals surface area contributed by atoms with Gasteiger partial charge in [-0.05, 0) is 37.1 Å². The van der Waals surface area contributed by atoms with Gasteiger partial charge in [0.2, 0.25) is 21.8 Å². The molecule has 0 aromatic heterocycles. The fraction of sp³-hybridized carbons (Fsp3) is 0.417. The van der Waals surface area contributed by atoms with Crippen LogP contribution in [0, 0.1) is 0 Å². The van der Waals surface area contributed by atoms with Crippen LogP contribution in [0.15, 0.2) is 42.5 Å². The molecular weight excluding hydrogens is 494 g/mol. The van der Waals surface area contributed by atoms with Gasteiger partial charge in [-0.15, -0.1) is 0 Å². The number of hydrogen-bond donors (Lipinski definition) is 1. The lowest BCUT2D eigenvalue weighted by atomic mass is 10.1. The number of rotatable bonds is 10. The zero-order valence-electron chi connectivity index (χ0n) is 20.0. The van der Waals surface area contributed by atoms with Gasteiger partial charge in [0.15, 0.2) is 11.5 Å². The number of nitrogens with one attached hydrogen (secondary N) is 1. The van der Waals surface area contributed by atoms with E-state index < -0.39 is 28.5 Å². The second-order valence-corrected chi connectivity index (χ2v) is 10.5. The highest BCUT2D eigenvalue weighted by Gasteiger charge is 2.32. The molecule has 0 bridgehead atoms. The molecule has 2 aromatic carbocycles. The number of fused-ring (bicyclic) bond motifs is 1. The fourth-order valence-corrected chi connectivity index (χ4v) is 5.05. The molecule has 0 unspecified atom stereocenters. The summed E-state index contributed by atoms with van der Waals surface area (Å²) < 4.78 is 38.3. The van der Waals surface area contributed by atoms with Crippen LogP contribution in [0.1, 0.15) is 25.8 Å². The predicted molar refractivity (Wildman–Crippen MR) is 134 cm³/mol. The van der Waals surface area contributed by atoms with Crippen LogP contribution < -0.4 is 19.1 Å². The zero-order valence-corrected chi connectivity index (χ0v) is 21.6. The van der Waals surface area contributed by atoms with Crippen LogP contribution in [0.5, 0.6) is 11.5 Å².